The molecular formula is C18H25N5O2S. The first kappa shape index (κ1) is 18.4. The minimum atomic E-state index is -0.477. The van der Waals surface area contributed by atoms with Crippen LogP contribution in [0.2, 0.25) is 0 Å². The Morgan fingerprint density at radius 1 is 1.35 bits per heavy atom. The van der Waals surface area contributed by atoms with Crippen molar-refractivity contribution in [3.8, 4) is 0 Å². The molecule has 2 aromatic heterocycles. The van der Waals surface area contributed by atoms with Crippen molar-refractivity contribution in [1.82, 2.24) is 9.97 Å². The largest absolute Gasteiger partial charge is 0.456 e. The molecule has 0 aliphatic carbocycles. The van der Waals surface area contributed by atoms with E-state index >= 15 is 0 Å². The standard InChI is InChI=1S/C18H25N5O2S/c1-18(2,3)25-16(24)12-8-7-11(26-12)6-4-5-10-9-21-15-13(10)14(19)22-17(20)23-15/h7-8,10H,4-6,9H2,1-3H3,(H5,19,20,21,22,23). The van der Waals surface area contributed by atoms with E-state index in [-0.39, 0.29) is 17.8 Å². The van der Waals surface area contributed by atoms with Crippen LogP contribution in [-0.4, -0.2) is 28.1 Å². The summed E-state index contributed by atoms with van der Waals surface area (Å²) in [6.45, 7) is 6.41. The Bertz CT molecular complexity index is 812. The number of carbonyl (C=O) groups excluding carboxylic acids is 1. The molecule has 26 heavy (non-hydrogen) atoms. The number of aromatic nitrogens is 2. The van der Waals surface area contributed by atoms with Gasteiger partial charge in [-0.05, 0) is 52.2 Å². The lowest BCUT2D eigenvalue weighted by Gasteiger charge is -2.18. The number of nitrogens with two attached hydrogens (primary N) is 2. The van der Waals surface area contributed by atoms with Gasteiger partial charge in [-0.2, -0.15) is 9.97 Å². The number of carbonyl (C=O) groups is 1. The number of thiophene rings is 1. The van der Waals surface area contributed by atoms with E-state index < -0.39 is 5.60 Å². The fourth-order valence-electron chi connectivity index (χ4n) is 3.08. The molecular weight excluding hydrogens is 350 g/mol. The van der Waals surface area contributed by atoms with Gasteiger partial charge in [0, 0.05) is 22.9 Å². The monoisotopic (exact) mass is 375 g/mol. The van der Waals surface area contributed by atoms with Gasteiger partial charge in [-0.25, -0.2) is 4.79 Å². The summed E-state index contributed by atoms with van der Waals surface area (Å²) >= 11 is 1.50. The van der Waals surface area contributed by atoms with Crippen LogP contribution in [0.5, 0.6) is 0 Å². The van der Waals surface area contributed by atoms with Gasteiger partial charge in [-0.15, -0.1) is 11.3 Å². The zero-order chi connectivity index (χ0) is 18.9. The van der Waals surface area contributed by atoms with Crippen molar-refractivity contribution in [2.45, 2.75) is 51.6 Å². The predicted molar refractivity (Wildman–Crippen MR) is 105 cm³/mol. The molecule has 5 N–H and O–H groups in total. The van der Waals surface area contributed by atoms with E-state index in [1.165, 1.54) is 16.2 Å². The molecule has 0 spiro atoms. The lowest BCUT2D eigenvalue weighted by atomic mass is 9.96. The van der Waals surface area contributed by atoms with Gasteiger partial charge in [0.15, 0.2) is 0 Å². The van der Waals surface area contributed by atoms with Crippen molar-refractivity contribution in [3.63, 3.8) is 0 Å². The number of hydrogen-bond donors (Lipinski definition) is 3. The van der Waals surface area contributed by atoms with E-state index in [4.69, 9.17) is 16.2 Å². The van der Waals surface area contributed by atoms with Crippen LogP contribution < -0.4 is 16.8 Å². The fourth-order valence-corrected chi connectivity index (χ4v) is 4.01. The van der Waals surface area contributed by atoms with E-state index in [9.17, 15) is 4.79 Å². The first-order valence-electron chi connectivity index (χ1n) is 8.72. The Morgan fingerprint density at radius 3 is 2.85 bits per heavy atom. The van der Waals surface area contributed by atoms with Gasteiger partial charge in [0.25, 0.3) is 0 Å². The summed E-state index contributed by atoms with van der Waals surface area (Å²) in [7, 11) is 0. The number of anilines is 3. The topological polar surface area (TPSA) is 116 Å². The summed E-state index contributed by atoms with van der Waals surface area (Å²) in [6.07, 6.45) is 2.87. The van der Waals surface area contributed by atoms with Crippen LogP contribution in [-0.2, 0) is 11.2 Å². The summed E-state index contributed by atoms with van der Waals surface area (Å²) < 4.78 is 5.41. The highest BCUT2D eigenvalue weighted by atomic mass is 32.1. The number of fused-ring (bicyclic) bond motifs is 1. The van der Waals surface area contributed by atoms with Gasteiger partial charge in [-0.3, -0.25) is 0 Å². The summed E-state index contributed by atoms with van der Waals surface area (Å²) in [6, 6.07) is 3.85. The Kier molecular flexibility index (Phi) is 5.04. The zero-order valence-corrected chi connectivity index (χ0v) is 16.2. The van der Waals surface area contributed by atoms with Crippen molar-refractivity contribution in [3.05, 3.63) is 27.5 Å². The smallest absolute Gasteiger partial charge is 0.348 e. The second-order valence-corrected chi connectivity index (χ2v) is 8.64. The van der Waals surface area contributed by atoms with Crippen LogP contribution >= 0.6 is 11.3 Å². The highest BCUT2D eigenvalue weighted by Crippen LogP contribution is 2.37. The van der Waals surface area contributed by atoms with Gasteiger partial charge < -0.3 is 21.5 Å². The second-order valence-electron chi connectivity index (χ2n) is 7.47. The maximum atomic E-state index is 12.1. The first-order chi connectivity index (χ1) is 12.2. The van der Waals surface area contributed by atoms with Gasteiger partial charge in [-0.1, -0.05) is 0 Å². The van der Waals surface area contributed by atoms with E-state index in [1.807, 2.05) is 32.9 Å². The van der Waals surface area contributed by atoms with Crippen LogP contribution in [0.15, 0.2) is 12.1 Å². The maximum absolute atomic E-state index is 12.1. The average molecular weight is 375 g/mol. The summed E-state index contributed by atoms with van der Waals surface area (Å²) in [5, 5.41) is 3.25. The molecule has 1 atom stereocenters. The van der Waals surface area contributed by atoms with Crippen LogP contribution in [0.25, 0.3) is 0 Å². The van der Waals surface area contributed by atoms with Crippen LogP contribution in [0.4, 0.5) is 17.6 Å². The quantitative estimate of drug-likeness (QED) is 0.687. The molecule has 1 unspecified atom stereocenters. The SMILES string of the molecule is CC(C)(C)OC(=O)c1ccc(CCCC2CNc3nc(N)nc(N)c32)s1. The summed E-state index contributed by atoms with van der Waals surface area (Å²) in [5.41, 5.74) is 12.1. The van der Waals surface area contributed by atoms with Crippen molar-refractivity contribution in [2.75, 3.05) is 23.3 Å². The van der Waals surface area contributed by atoms with Crippen LogP contribution in [0, 0.1) is 0 Å². The number of rotatable bonds is 5. The predicted octanol–water partition coefficient (Wildman–Crippen LogP) is 3.19. The molecule has 8 heteroatoms. The lowest BCUT2D eigenvalue weighted by molar-refractivity contribution is 0.00752. The van der Waals surface area contributed by atoms with Crippen molar-refractivity contribution in [1.29, 1.82) is 0 Å². The molecule has 0 saturated heterocycles. The number of nitrogen functional groups attached to an aromatic ring is 2. The number of nitrogens with one attached hydrogen (secondary N) is 1. The van der Waals surface area contributed by atoms with Crippen LogP contribution in [0.3, 0.4) is 0 Å². The maximum Gasteiger partial charge on any atom is 0.348 e. The highest BCUT2D eigenvalue weighted by Gasteiger charge is 2.27. The molecule has 140 valence electrons. The molecule has 0 radical (unpaired) electrons. The zero-order valence-electron chi connectivity index (χ0n) is 15.3. The van der Waals surface area contributed by atoms with E-state index in [0.29, 0.717) is 10.7 Å². The van der Waals surface area contributed by atoms with Gasteiger partial charge >= 0.3 is 5.97 Å². The normalized spacial score (nSPS) is 16.2. The third kappa shape index (κ3) is 4.24. The minimum Gasteiger partial charge on any atom is -0.456 e. The fraction of sp³-hybridized carbons (Fsp3) is 0.500. The molecule has 7 nitrogen and oxygen atoms in total. The molecule has 1 aliphatic heterocycles. The Labute approximate surface area is 157 Å². The molecule has 2 aromatic rings. The first-order valence-corrected chi connectivity index (χ1v) is 9.53. The number of aryl methyl sites for hydroxylation is 1. The second kappa shape index (κ2) is 7.11. The van der Waals surface area contributed by atoms with E-state index in [2.05, 4.69) is 15.3 Å². The third-order valence-corrected chi connectivity index (χ3v) is 5.28. The van der Waals surface area contributed by atoms with E-state index in [1.54, 1.807) is 0 Å². The third-order valence-electron chi connectivity index (χ3n) is 4.15. The molecule has 0 fully saturated rings. The van der Waals surface area contributed by atoms with Crippen molar-refractivity contribution >= 4 is 34.9 Å². The van der Waals surface area contributed by atoms with Crippen molar-refractivity contribution in [2.24, 2.45) is 0 Å². The number of ether oxygens (including phenoxy) is 1. The van der Waals surface area contributed by atoms with E-state index in [0.717, 1.165) is 37.2 Å². The Hall–Kier alpha value is -2.35. The van der Waals surface area contributed by atoms with Gasteiger partial charge in [0.1, 0.15) is 22.1 Å². The lowest BCUT2D eigenvalue weighted by Crippen LogP contribution is -2.23. The Balaban J connectivity index is 1.55. The Morgan fingerprint density at radius 2 is 2.12 bits per heavy atom. The number of nitrogens with zero attached hydrogens (tertiary/aromatic N) is 2. The summed E-state index contributed by atoms with van der Waals surface area (Å²) in [4.78, 5) is 22.2. The molecule has 0 aromatic carbocycles. The molecule has 1 aliphatic rings. The average Bonchev–Trinajstić information content (AvgIpc) is 3.13. The minimum absolute atomic E-state index is 0.197. The summed E-state index contributed by atoms with van der Waals surface area (Å²) in [5.74, 6) is 1.44. The molecule has 0 saturated carbocycles. The van der Waals surface area contributed by atoms with Gasteiger partial charge in [0.2, 0.25) is 5.95 Å². The van der Waals surface area contributed by atoms with Gasteiger partial charge in [0.05, 0.1) is 0 Å². The highest BCUT2D eigenvalue weighted by molar-refractivity contribution is 7.13. The number of hydrogen-bond acceptors (Lipinski definition) is 8. The number of esters is 1. The van der Waals surface area contributed by atoms with Crippen LogP contribution in [0.1, 0.15) is 59.6 Å². The van der Waals surface area contributed by atoms with Crippen molar-refractivity contribution < 1.29 is 9.53 Å². The molecule has 3 rings (SSSR count). The molecule has 0 amide bonds. The molecule has 0 bridgehead atoms. The molecule has 3 heterocycles.